The van der Waals surface area contributed by atoms with Crippen LogP contribution in [0.1, 0.15) is 40.9 Å². The Balaban J connectivity index is 1.86. The number of hydrogen-bond donors (Lipinski definition) is 1. The number of methoxy groups -OCH3 is 1. The molecule has 0 radical (unpaired) electrons. The molecule has 3 heterocycles. The number of esters is 1. The van der Waals surface area contributed by atoms with E-state index in [0.717, 1.165) is 5.56 Å². The zero-order chi connectivity index (χ0) is 24.7. The Bertz CT molecular complexity index is 1130. The third kappa shape index (κ3) is 6.52. The predicted molar refractivity (Wildman–Crippen MR) is 121 cm³/mol. The van der Waals surface area contributed by atoms with Crippen molar-refractivity contribution in [1.29, 1.82) is 0 Å². The van der Waals surface area contributed by atoms with Crippen molar-refractivity contribution in [2.24, 2.45) is 0 Å². The third-order valence-corrected chi connectivity index (χ3v) is 5.01. The van der Waals surface area contributed by atoms with Crippen molar-refractivity contribution in [1.82, 2.24) is 29.8 Å². The van der Waals surface area contributed by atoms with Crippen LogP contribution in [0, 0.1) is 6.92 Å². The van der Waals surface area contributed by atoms with Crippen molar-refractivity contribution in [3.63, 3.8) is 0 Å². The molecule has 0 saturated heterocycles. The lowest BCUT2D eigenvalue weighted by Gasteiger charge is -2.19. The van der Waals surface area contributed by atoms with Crippen LogP contribution < -0.4 is 5.32 Å². The fraction of sp³-hybridized carbons (Fsp3) is 0.409. The highest BCUT2D eigenvalue weighted by Gasteiger charge is 2.22. The standard InChI is InChI=1S/C22H25ClF2N6O3/c1-4-34-21(32)20-29-17(18-13(2)8-27-22(23)30-18)11-31(20)10-15(12-33-3)26-9-14-6-5-7-16(28-14)19(24)25/h5-8,11,15,19,26H,4,9-10,12H2,1-3H3. The molecule has 1 N–H and O–H groups in total. The van der Waals surface area contributed by atoms with Crippen LogP contribution in [0.25, 0.3) is 11.4 Å². The van der Waals surface area contributed by atoms with E-state index in [1.807, 2.05) is 6.92 Å². The number of aromatic nitrogens is 5. The van der Waals surface area contributed by atoms with Crippen molar-refractivity contribution in [3.05, 3.63) is 58.7 Å². The van der Waals surface area contributed by atoms with Gasteiger partial charge < -0.3 is 19.4 Å². The molecule has 3 aromatic rings. The number of nitrogens with one attached hydrogen (secondary N) is 1. The second-order valence-electron chi connectivity index (χ2n) is 7.38. The average molecular weight is 495 g/mol. The topological polar surface area (TPSA) is 104 Å². The molecule has 0 aromatic carbocycles. The molecule has 3 aromatic heterocycles. The Hall–Kier alpha value is -3.02. The van der Waals surface area contributed by atoms with Gasteiger partial charge in [0.2, 0.25) is 11.1 Å². The van der Waals surface area contributed by atoms with E-state index in [1.165, 1.54) is 12.1 Å². The number of halogens is 3. The quantitative estimate of drug-likeness (QED) is 0.318. The summed E-state index contributed by atoms with van der Waals surface area (Å²) in [5.41, 5.74) is 1.84. The monoisotopic (exact) mass is 494 g/mol. The number of ether oxygens (including phenoxy) is 2. The van der Waals surface area contributed by atoms with Gasteiger partial charge in [-0.1, -0.05) is 6.07 Å². The second-order valence-corrected chi connectivity index (χ2v) is 7.72. The molecule has 0 spiro atoms. The van der Waals surface area contributed by atoms with Crippen LogP contribution in [-0.2, 0) is 22.6 Å². The van der Waals surface area contributed by atoms with Crippen LogP contribution in [0.2, 0.25) is 5.28 Å². The molecule has 1 unspecified atom stereocenters. The summed E-state index contributed by atoms with van der Waals surface area (Å²) in [6, 6.07) is 4.17. The molecular formula is C22H25ClF2N6O3. The van der Waals surface area contributed by atoms with Gasteiger partial charge in [0.05, 0.1) is 24.6 Å². The van der Waals surface area contributed by atoms with Crippen LogP contribution in [-0.4, -0.2) is 56.8 Å². The highest BCUT2D eigenvalue weighted by atomic mass is 35.5. The number of hydrogen-bond acceptors (Lipinski definition) is 8. The molecule has 182 valence electrons. The number of nitrogens with zero attached hydrogens (tertiary/aromatic N) is 5. The minimum atomic E-state index is -2.65. The zero-order valence-electron chi connectivity index (χ0n) is 19.0. The van der Waals surface area contributed by atoms with Crippen LogP contribution in [0.5, 0.6) is 0 Å². The first-order valence-electron chi connectivity index (χ1n) is 10.5. The molecule has 3 rings (SSSR count). The van der Waals surface area contributed by atoms with Crippen LogP contribution >= 0.6 is 11.6 Å². The highest BCUT2D eigenvalue weighted by molar-refractivity contribution is 6.28. The Morgan fingerprint density at radius 3 is 2.76 bits per heavy atom. The summed E-state index contributed by atoms with van der Waals surface area (Å²) in [4.78, 5) is 29.2. The van der Waals surface area contributed by atoms with Gasteiger partial charge in [0, 0.05) is 38.6 Å². The number of pyridine rings is 1. The zero-order valence-corrected chi connectivity index (χ0v) is 19.7. The van der Waals surface area contributed by atoms with E-state index >= 15 is 0 Å². The predicted octanol–water partition coefficient (Wildman–Crippen LogP) is 3.62. The lowest BCUT2D eigenvalue weighted by Crippen LogP contribution is -2.37. The van der Waals surface area contributed by atoms with E-state index in [1.54, 1.807) is 37.1 Å². The average Bonchev–Trinajstić information content (AvgIpc) is 3.23. The lowest BCUT2D eigenvalue weighted by molar-refractivity contribution is 0.0504. The van der Waals surface area contributed by atoms with E-state index in [0.29, 0.717) is 17.1 Å². The Kier molecular flexibility index (Phi) is 8.97. The maximum absolute atomic E-state index is 13.0. The van der Waals surface area contributed by atoms with Gasteiger partial charge in [-0.25, -0.2) is 28.5 Å². The van der Waals surface area contributed by atoms with Crippen molar-refractivity contribution < 1.29 is 23.0 Å². The van der Waals surface area contributed by atoms with Gasteiger partial charge in [0.25, 0.3) is 6.43 Å². The van der Waals surface area contributed by atoms with Crippen molar-refractivity contribution >= 4 is 17.6 Å². The first kappa shape index (κ1) is 25.6. The smallest absolute Gasteiger partial charge is 0.374 e. The summed E-state index contributed by atoms with van der Waals surface area (Å²) < 4.78 is 38.0. The van der Waals surface area contributed by atoms with E-state index < -0.39 is 12.4 Å². The number of imidazole rings is 1. The number of carbonyl (C=O) groups is 1. The summed E-state index contributed by atoms with van der Waals surface area (Å²) in [5, 5.41) is 3.30. The normalized spacial score (nSPS) is 12.2. The molecule has 0 amide bonds. The van der Waals surface area contributed by atoms with E-state index in [2.05, 4.69) is 25.3 Å². The first-order valence-corrected chi connectivity index (χ1v) is 10.9. The molecular weight excluding hydrogens is 470 g/mol. The van der Waals surface area contributed by atoms with Crippen LogP contribution in [0.15, 0.2) is 30.6 Å². The molecule has 12 heteroatoms. The summed E-state index contributed by atoms with van der Waals surface area (Å²) in [6.07, 6.45) is 0.603. The molecule has 34 heavy (non-hydrogen) atoms. The molecule has 0 fully saturated rings. The summed E-state index contributed by atoms with van der Waals surface area (Å²) in [6.45, 7) is 4.49. The Morgan fingerprint density at radius 1 is 1.26 bits per heavy atom. The van der Waals surface area contributed by atoms with E-state index in [9.17, 15) is 13.6 Å². The maximum atomic E-state index is 13.0. The van der Waals surface area contributed by atoms with Gasteiger partial charge in [-0.2, -0.15) is 0 Å². The summed E-state index contributed by atoms with van der Waals surface area (Å²) >= 11 is 5.95. The number of alkyl halides is 2. The minimum Gasteiger partial charge on any atom is -0.460 e. The van der Waals surface area contributed by atoms with Crippen molar-refractivity contribution in [2.75, 3.05) is 20.3 Å². The third-order valence-electron chi connectivity index (χ3n) is 4.83. The molecule has 0 aliphatic heterocycles. The fourth-order valence-electron chi connectivity index (χ4n) is 3.29. The molecule has 0 aliphatic carbocycles. The van der Waals surface area contributed by atoms with Crippen molar-refractivity contribution in [3.8, 4) is 11.4 Å². The molecule has 0 saturated carbocycles. The molecule has 0 aliphatic rings. The highest BCUT2D eigenvalue weighted by Crippen LogP contribution is 2.22. The van der Waals surface area contributed by atoms with Gasteiger partial charge >= 0.3 is 5.97 Å². The molecule has 9 nitrogen and oxygen atoms in total. The maximum Gasteiger partial charge on any atom is 0.374 e. The van der Waals surface area contributed by atoms with Gasteiger partial charge in [-0.3, -0.25) is 4.98 Å². The number of carbonyl (C=O) groups excluding carboxylic acids is 1. The van der Waals surface area contributed by atoms with Crippen LogP contribution in [0.3, 0.4) is 0 Å². The number of rotatable bonds is 11. The minimum absolute atomic E-state index is 0.0605. The van der Waals surface area contributed by atoms with Crippen molar-refractivity contribution in [2.45, 2.75) is 39.4 Å². The van der Waals surface area contributed by atoms with Gasteiger partial charge in [0.15, 0.2) is 0 Å². The first-order chi connectivity index (χ1) is 16.3. The SMILES string of the molecule is CCOC(=O)c1nc(-c2nc(Cl)ncc2C)cn1CC(COC)NCc1cccc(C(F)F)n1. The molecule has 1 atom stereocenters. The number of aryl methyl sites for hydroxylation is 1. The fourth-order valence-corrected chi connectivity index (χ4v) is 3.42. The van der Waals surface area contributed by atoms with Gasteiger partial charge in [-0.15, -0.1) is 0 Å². The summed E-state index contributed by atoms with van der Waals surface area (Å²) in [7, 11) is 1.54. The Morgan fingerprint density at radius 2 is 2.06 bits per heavy atom. The molecule has 0 bridgehead atoms. The van der Waals surface area contributed by atoms with E-state index in [-0.39, 0.29) is 49.1 Å². The summed E-state index contributed by atoms with van der Waals surface area (Å²) in [5.74, 6) is -0.499. The van der Waals surface area contributed by atoms with Crippen LogP contribution in [0.4, 0.5) is 8.78 Å². The van der Waals surface area contributed by atoms with Gasteiger partial charge in [0.1, 0.15) is 11.4 Å². The second kappa shape index (κ2) is 11.9. The Labute approximate surface area is 200 Å². The lowest BCUT2D eigenvalue weighted by atomic mass is 10.2. The van der Waals surface area contributed by atoms with Gasteiger partial charge in [-0.05, 0) is 43.1 Å². The largest absolute Gasteiger partial charge is 0.460 e. The van der Waals surface area contributed by atoms with E-state index in [4.69, 9.17) is 21.1 Å².